The van der Waals surface area contributed by atoms with Gasteiger partial charge in [0.25, 0.3) is 0 Å². The summed E-state index contributed by atoms with van der Waals surface area (Å²) in [5.41, 5.74) is 1.89. The van der Waals surface area contributed by atoms with E-state index in [0.717, 1.165) is 0 Å². The molecule has 0 spiro atoms. The highest BCUT2D eigenvalue weighted by Crippen LogP contribution is 2.49. The molecule has 3 aliphatic rings. The summed E-state index contributed by atoms with van der Waals surface area (Å²) >= 11 is 0. The molecule has 3 heterocycles. The molecular weight excluding hydrogens is 540 g/mol. The molecule has 1 unspecified atom stereocenters. The van der Waals surface area contributed by atoms with Crippen LogP contribution < -0.4 is 23.7 Å². The molecule has 41 heavy (non-hydrogen) atoms. The molecule has 12 nitrogen and oxygen atoms in total. The summed E-state index contributed by atoms with van der Waals surface area (Å²) in [4.78, 5) is 24.7. The van der Waals surface area contributed by atoms with Crippen LogP contribution in [-0.2, 0) is 25.6 Å². The number of benzene rings is 3. The van der Waals surface area contributed by atoms with Crippen LogP contribution in [-0.4, -0.2) is 73.9 Å². The molecule has 3 aromatic rings. The van der Waals surface area contributed by atoms with E-state index in [-0.39, 0.29) is 24.7 Å². The maximum Gasteiger partial charge on any atom is 0.339 e. The van der Waals surface area contributed by atoms with Gasteiger partial charge in [0.1, 0.15) is 24.6 Å². The second-order valence-corrected chi connectivity index (χ2v) is 9.84. The van der Waals surface area contributed by atoms with Crippen LogP contribution in [0.4, 0.5) is 0 Å². The minimum Gasteiger partial charge on any atom is -0.493 e. The van der Waals surface area contributed by atoms with E-state index in [4.69, 9.17) is 37.9 Å². The largest absolute Gasteiger partial charge is 0.493 e. The van der Waals surface area contributed by atoms with Crippen molar-refractivity contribution in [2.45, 2.75) is 51.2 Å². The van der Waals surface area contributed by atoms with Crippen molar-refractivity contribution in [2.24, 2.45) is 0 Å². The van der Waals surface area contributed by atoms with Crippen LogP contribution in [0.5, 0.6) is 28.7 Å². The molecular formula is C29H28O12. The summed E-state index contributed by atoms with van der Waals surface area (Å²) in [7, 11) is 2.99. The van der Waals surface area contributed by atoms with E-state index in [9.17, 15) is 19.8 Å². The predicted molar refractivity (Wildman–Crippen MR) is 140 cm³/mol. The first kappa shape index (κ1) is 26.9. The molecule has 0 aliphatic carbocycles. The quantitative estimate of drug-likeness (QED) is 0.421. The summed E-state index contributed by atoms with van der Waals surface area (Å²) in [6.45, 7) is 2.77. The molecule has 0 bridgehead atoms. The Labute approximate surface area is 234 Å². The number of cyclic esters (lactones) is 1. The molecule has 0 radical (unpaired) electrons. The number of carbonyl (C=O) groups is 2. The van der Waals surface area contributed by atoms with E-state index in [0.29, 0.717) is 50.5 Å². The number of methoxy groups -OCH3 is 2. The molecule has 0 amide bonds. The van der Waals surface area contributed by atoms with Gasteiger partial charge in [-0.1, -0.05) is 6.07 Å². The highest BCUT2D eigenvalue weighted by atomic mass is 16.7. The van der Waals surface area contributed by atoms with Gasteiger partial charge in [-0.25, -0.2) is 4.79 Å². The Morgan fingerprint density at radius 1 is 0.927 bits per heavy atom. The van der Waals surface area contributed by atoms with Gasteiger partial charge in [0.2, 0.25) is 13.1 Å². The zero-order valence-corrected chi connectivity index (χ0v) is 22.7. The summed E-state index contributed by atoms with van der Waals surface area (Å²) in [6, 6.07) is 8.77. The second kappa shape index (κ2) is 10.3. The Morgan fingerprint density at radius 3 is 2.34 bits per heavy atom. The zero-order valence-electron chi connectivity index (χ0n) is 22.7. The number of hydrogen-bond acceptors (Lipinski definition) is 12. The number of hydrogen-bond donors (Lipinski definition) is 2. The predicted octanol–water partition coefficient (Wildman–Crippen LogP) is 2.70. The number of aliphatic hydroxyl groups is 2. The number of aliphatic hydroxyl groups excluding tert-OH is 2. The molecule has 5 atom stereocenters. The summed E-state index contributed by atoms with van der Waals surface area (Å²) in [6.07, 6.45) is -6.38. The minimum absolute atomic E-state index is 0.0871. The Balaban J connectivity index is 1.54. The maximum atomic E-state index is 13.2. The first-order valence-electron chi connectivity index (χ1n) is 12.9. The van der Waals surface area contributed by atoms with Crippen molar-refractivity contribution in [3.05, 3.63) is 41.5 Å². The van der Waals surface area contributed by atoms with Crippen molar-refractivity contribution in [3.63, 3.8) is 0 Å². The van der Waals surface area contributed by atoms with Gasteiger partial charge in [-0.15, -0.1) is 0 Å². The maximum absolute atomic E-state index is 13.2. The number of esters is 2. The van der Waals surface area contributed by atoms with Crippen LogP contribution in [0.15, 0.2) is 30.3 Å². The molecule has 216 valence electrons. The van der Waals surface area contributed by atoms with Gasteiger partial charge >= 0.3 is 11.9 Å². The van der Waals surface area contributed by atoms with E-state index < -0.39 is 42.6 Å². The lowest BCUT2D eigenvalue weighted by molar-refractivity contribution is -0.272. The van der Waals surface area contributed by atoms with Crippen molar-refractivity contribution in [3.8, 4) is 39.9 Å². The fourth-order valence-electron chi connectivity index (χ4n) is 5.47. The third kappa shape index (κ3) is 4.44. The molecule has 0 saturated carbocycles. The average Bonchev–Trinajstić information content (AvgIpc) is 3.59. The van der Waals surface area contributed by atoms with E-state index in [1.54, 1.807) is 31.2 Å². The minimum atomic E-state index is -1.59. The second-order valence-electron chi connectivity index (χ2n) is 9.84. The van der Waals surface area contributed by atoms with Gasteiger partial charge in [-0.05, 0) is 42.1 Å². The van der Waals surface area contributed by atoms with Crippen LogP contribution in [0.3, 0.4) is 0 Å². The molecule has 12 heteroatoms. The SMILES string of the molecule is COc1cc2c(OC3O[C@H](C)[C@@H](OC(C)=O)[C@H](O)[C@H]3O)c3c(c(-c4ccc5c(c4)OCO5)c2cc1OC)C(=O)OC3. The molecule has 6 rings (SSSR count). The summed E-state index contributed by atoms with van der Waals surface area (Å²) in [5.74, 6) is 0.904. The van der Waals surface area contributed by atoms with Crippen molar-refractivity contribution >= 4 is 22.7 Å². The number of ether oxygens (including phenoxy) is 8. The van der Waals surface area contributed by atoms with Gasteiger partial charge in [0, 0.05) is 23.4 Å². The van der Waals surface area contributed by atoms with E-state index in [1.165, 1.54) is 21.1 Å². The normalized spacial score (nSPS) is 24.5. The van der Waals surface area contributed by atoms with Gasteiger partial charge in [-0.2, -0.15) is 0 Å². The van der Waals surface area contributed by atoms with E-state index in [2.05, 4.69) is 0 Å². The zero-order chi connectivity index (χ0) is 29.0. The average molecular weight is 569 g/mol. The fourth-order valence-corrected chi connectivity index (χ4v) is 5.47. The van der Waals surface area contributed by atoms with Crippen LogP contribution in [0.2, 0.25) is 0 Å². The number of carbonyl (C=O) groups excluding carboxylic acids is 2. The fraction of sp³-hybridized carbons (Fsp3) is 0.379. The highest BCUT2D eigenvalue weighted by Gasteiger charge is 2.46. The summed E-state index contributed by atoms with van der Waals surface area (Å²) in [5, 5.41) is 22.7. The van der Waals surface area contributed by atoms with Gasteiger partial charge in [-0.3, -0.25) is 4.79 Å². The van der Waals surface area contributed by atoms with Gasteiger partial charge in [0.05, 0.1) is 25.9 Å². The lowest BCUT2D eigenvalue weighted by atomic mass is 9.89. The van der Waals surface area contributed by atoms with Crippen molar-refractivity contribution < 1.29 is 57.7 Å². The number of fused-ring (bicyclic) bond motifs is 3. The van der Waals surface area contributed by atoms with E-state index >= 15 is 0 Å². The Kier molecular flexibility index (Phi) is 6.76. The molecule has 3 aliphatic heterocycles. The smallest absolute Gasteiger partial charge is 0.339 e. The Morgan fingerprint density at radius 2 is 1.63 bits per heavy atom. The third-order valence-electron chi connectivity index (χ3n) is 7.39. The standard InChI is InChI=1S/C29H28O12/c1-12-26(40-13(2)30)24(31)25(32)29(39-12)41-27-16-9-20(35-4)19(34-3)8-15(16)22(23-17(27)10-36-28(23)33)14-5-6-18-21(7-14)38-11-37-18/h5-9,12,24-26,29,31-32H,10-11H2,1-4H3/t12-,24-,25-,26-,29?/m1/s1. The monoisotopic (exact) mass is 568 g/mol. The lowest BCUT2D eigenvalue weighted by Gasteiger charge is -2.40. The number of rotatable bonds is 6. The van der Waals surface area contributed by atoms with Gasteiger partial charge in [0.15, 0.2) is 29.1 Å². The van der Waals surface area contributed by atoms with Crippen LogP contribution in [0, 0.1) is 0 Å². The third-order valence-corrected chi connectivity index (χ3v) is 7.39. The van der Waals surface area contributed by atoms with Crippen molar-refractivity contribution in [1.29, 1.82) is 0 Å². The topological polar surface area (TPSA) is 148 Å². The van der Waals surface area contributed by atoms with Crippen LogP contribution in [0.25, 0.3) is 21.9 Å². The van der Waals surface area contributed by atoms with Crippen molar-refractivity contribution in [2.75, 3.05) is 21.0 Å². The van der Waals surface area contributed by atoms with E-state index in [1.807, 2.05) is 6.07 Å². The summed E-state index contributed by atoms with van der Waals surface area (Å²) < 4.78 is 44.9. The van der Waals surface area contributed by atoms with Crippen molar-refractivity contribution in [1.82, 2.24) is 0 Å². The first-order chi connectivity index (χ1) is 19.7. The molecule has 0 aromatic heterocycles. The molecule has 1 fully saturated rings. The van der Waals surface area contributed by atoms with Crippen LogP contribution >= 0.6 is 0 Å². The molecule has 2 N–H and O–H groups in total. The molecule has 3 aromatic carbocycles. The van der Waals surface area contributed by atoms with Gasteiger partial charge < -0.3 is 48.1 Å². The Bertz CT molecular complexity index is 1550. The van der Waals surface area contributed by atoms with Crippen LogP contribution in [0.1, 0.15) is 29.8 Å². The Hall–Kier alpha value is -4.26. The highest BCUT2D eigenvalue weighted by molar-refractivity contribution is 6.14. The lowest BCUT2D eigenvalue weighted by Crippen LogP contribution is -2.59. The molecule has 1 saturated heterocycles. The first-order valence-corrected chi connectivity index (χ1v) is 12.9.